The molecular formula is C27H41N5O8S. The van der Waals surface area contributed by atoms with Crippen molar-refractivity contribution in [1.82, 2.24) is 16.0 Å². The molecule has 0 saturated heterocycles. The number of ether oxygens (including phenoxy) is 1. The average molecular weight is 596 g/mol. The number of urea groups is 1. The van der Waals surface area contributed by atoms with E-state index in [0.717, 1.165) is 0 Å². The van der Waals surface area contributed by atoms with Gasteiger partial charge in [-0.3, -0.25) is 14.4 Å². The third-order valence-electron chi connectivity index (χ3n) is 6.03. The standard InChI is InChI=1S/C27H41N5O8S/c1-15(2)21(30-16(3)33)20(34)13-18(7-6-12-29-25(28)38)23(35)31-19-10-8-17(9-11-19)14-40-26(39)32-22(24(36)37)27(4,5)41/h8-11,15,18,21-22,41H,6-7,12-14H2,1-5H3,(H,30,33)(H,31,35)(H,32,39)(H,36,37)(H3,28,29,38)/t18-,21+,22-/m1/s1. The summed E-state index contributed by atoms with van der Waals surface area (Å²) in [6.07, 6.45) is -0.363. The van der Waals surface area contributed by atoms with Crippen LogP contribution in [0.1, 0.15) is 59.4 Å². The van der Waals surface area contributed by atoms with Gasteiger partial charge in [0, 0.05) is 36.2 Å². The number of aliphatic carboxylic acids is 1. The lowest BCUT2D eigenvalue weighted by atomic mass is 9.89. The van der Waals surface area contributed by atoms with Crippen LogP contribution in [0.3, 0.4) is 0 Å². The smallest absolute Gasteiger partial charge is 0.408 e. The first-order chi connectivity index (χ1) is 19.0. The van der Waals surface area contributed by atoms with Crippen molar-refractivity contribution in [3.05, 3.63) is 29.8 Å². The molecule has 1 aromatic rings. The Kier molecular flexibility index (Phi) is 14.1. The van der Waals surface area contributed by atoms with E-state index in [1.807, 2.05) is 0 Å². The first-order valence-electron chi connectivity index (χ1n) is 13.1. The number of ketones is 1. The second-order valence-corrected chi connectivity index (χ2v) is 11.7. The third kappa shape index (κ3) is 13.4. The molecule has 5 amide bonds. The average Bonchev–Trinajstić information content (AvgIpc) is 2.85. The SMILES string of the molecule is CC(=O)N[C@H](C(=O)C[C@@H](CCCNC(N)=O)C(=O)Nc1ccc(COC(=O)N[C@H](C(=O)O)C(C)(C)S)cc1)C(C)C. The van der Waals surface area contributed by atoms with E-state index in [1.54, 1.807) is 52.0 Å². The molecule has 0 aliphatic heterocycles. The molecule has 1 rings (SSSR count). The molecule has 13 nitrogen and oxygen atoms in total. The van der Waals surface area contributed by atoms with Gasteiger partial charge in [-0.25, -0.2) is 14.4 Å². The minimum Gasteiger partial charge on any atom is -0.480 e. The Morgan fingerprint density at radius 1 is 1.05 bits per heavy atom. The predicted octanol–water partition coefficient (Wildman–Crippen LogP) is 2.20. The lowest BCUT2D eigenvalue weighted by molar-refractivity contribution is -0.140. The van der Waals surface area contributed by atoms with E-state index in [2.05, 4.69) is 33.9 Å². The van der Waals surface area contributed by atoms with Crippen LogP contribution in [-0.2, 0) is 30.5 Å². The number of carbonyl (C=O) groups excluding carboxylic acids is 5. The van der Waals surface area contributed by atoms with Gasteiger partial charge in [-0.15, -0.1) is 0 Å². The molecular weight excluding hydrogens is 554 g/mol. The van der Waals surface area contributed by atoms with Gasteiger partial charge in [0.05, 0.1) is 6.04 Å². The summed E-state index contributed by atoms with van der Waals surface area (Å²) in [6, 6.07) is 3.70. The fraction of sp³-hybridized carbons (Fsp3) is 0.556. The molecule has 41 heavy (non-hydrogen) atoms. The van der Waals surface area contributed by atoms with Crippen molar-refractivity contribution < 1.29 is 38.6 Å². The summed E-state index contributed by atoms with van der Waals surface area (Å²) in [4.78, 5) is 72.1. The Morgan fingerprint density at radius 3 is 2.15 bits per heavy atom. The van der Waals surface area contributed by atoms with Crippen LogP contribution >= 0.6 is 12.6 Å². The first kappa shape index (κ1) is 35.2. The van der Waals surface area contributed by atoms with Gasteiger partial charge in [-0.2, -0.15) is 12.6 Å². The van der Waals surface area contributed by atoms with Crippen molar-refractivity contribution in [3.63, 3.8) is 0 Å². The van der Waals surface area contributed by atoms with E-state index < -0.39 is 46.7 Å². The van der Waals surface area contributed by atoms with Crippen LogP contribution in [-0.4, -0.2) is 64.2 Å². The number of hydrogen-bond acceptors (Lipinski definition) is 8. The molecule has 0 aliphatic rings. The van der Waals surface area contributed by atoms with Crippen molar-refractivity contribution in [1.29, 1.82) is 0 Å². The number of nitrogens with two attached hydrogens (primary N) is 1. The van der Waals surface area contributed by atoms with Gasteiger partial charge in [0.2, 0.25) is 11.8 Å². The second kappa shape index (κ2) is 16.5. The minimum atomic E-state index is -1.27. The van der Waals surface area contributed by atoms with Gasteiger partial charge in [0.25, 0.3) is 0 Å². The maximum Gasteiger partial charge on any atom is 0.408 e. The van der Waals surface area contributed by atoms with Crippen LogP contribution in [0.4, 0.5) is 15.3 Å². The summed E-state index contributed by atoms with van der Waals surface area (Å²) in [5.41, 5.74) is 6.10. The number of nitrogens with one attached hydrogen (secondary N) is 4. The molecule has 0 radical (unpaired) electrons. The zero-order chi connectivity index (χ0) is 31.3. The number of Topliss-reactive ketones (excluding diaryl/α,β-unsaturated/α-hetero) is 1. The van der Waals surface area contributed by atoms with Crippen molar-refractivity contribution in [3.8, 4) is 0 Å². The van der Waals surface area contributed by atoms with Crippen LogP contribution in [0.25, 0.3) is 0 Å². The Bertz CT molecular complexity index is 1090. The third-order valence-corrected chi connectivity index (χ3v) is 6.28. The molecule has 0 heterocycles. The highest BCUT2D eigenvalue weighted by Gasteiger charge is 2.34. The van der Waals surface area contributed by atoms with E-state index >= 15 is 0 Å². The second-order valence-electron chi connectivity index (χ2n) is 10.6. The van der Waals surface area contributed by atoms with Gasteiger partial charge in [-0.1, -0.05) is 26.0 Å². The number of rotatable bonds is 16. The molecule has 0 fully saturated rings. The number of benzene rings is 1. The van der Waals surface area contributed by atoms with Crippen LogP contribution < -0.4 is 27.0 Å². The maximum absolute atomic E-state index is 13.1. The predicted molar refractivity (Wildman–Crippen MR) is 155 cm³/mol. The molecule has 0 unspecified atom stereocenters. The van der Waals surface area contributed by atoms with Crippen molar-refractivity contribution >= 4 is 54.0 Å². The summed E-state index contributed by atoms with van der Waals surface area (Å²) in [7, 11) is 0. The summed E-state index contributed by atoms with van der Waals surface area (Å²) in [6.45, 7) is 8.09. The number of hydrogen-bond donors (Lipinski definition) is 7. The topological polar surface area (TPSA) is 206 Å². The van der Waals surface area contributed by atoms with Gasteiger partial charge in [0.15, 0.2) is 5.78 Å². The normalized spacial score (nSPS) is 13.3. The maximum atomic E-state index is 13.1. The van der Waals surface area contributed by atoms with Gasteiger partial charge >= 0.3 is 18.1 Å². The number of amides is 5. The Labute approximate surface area is 245 Å². The lowest BCUT2D eigenvalue weighted by Gasteiger charge is -2.26. The van der Waals surface area contributed by atoms with E-state index in [4.69, 9.17) is 10.5 Å². The summed E-state index contributed by atoms with van der Waals surface area (Å²) in [5, 5.41) is 19.4. The van der Waals surface area contributed by atoms with Crippen molar-refractivity contribution in [2.45, 2.75) is 77.3 Å². The molecule has 0 aromatic heterocycles. The molecule has 228 valence electrons. The number of carboxylic acids is 1. The molecule has 3 atom stereocenters. The quantitative estimate of drug-likeness (QED) is 0.111. The summed E-state index contributed by atoms with van der Waals surface area (Å²) >= 11 is 4.19. The van der Waals surface area contributed by atoms with Crippen LogP contribution in [0.2, 0.25) is 0 Å². The number of carbonyl (C=O) groups is 6. The van der Waals surface area contributed by atoms with Crippen molar-refractivity contribution in [2.75, 3.05) is 11.9 Å². The molecule has 0 saturated carbocycles. The van der Waals surface area contributed by atoms with E-state index in [1.165, 1.54) is 6.92 Å². The number of carboxylic acid groups (broad SMARTS) is 1. The largest absolute Gasteiger partial charge is 0.480 e. The van der Waals surface area contributed by atoms with Gasteiger partial charge < -0.3 is 36.8 Å². The van der Waals surface area contributed by atoms with Gasteiger partial charge in [-0.05, 0) is 50.3 Å². The molecule has 7 N–H and O–H groups in total. The fourth-order valence-corrected chi connectivity index (χ4v) is 4.05. The molecule has 14 heteroatoms. The van der Waals surface area contributed by atoms with Crippen LogP contribution in [0, 0.1) is 11.8 Å². The number of thiol groups is 1. The van der Waals surface area contributed by atoms with Crippen molar-refractivity contribution in [2.24, 2.45) is 17.6 Å². The zero-order valence-electron chi connectivity index (χ0n) is 24.0. The minimum absolute atomic E-state index is 0.118. The molecule has 1 aromatic carbocycles. The molecule has 0 aliphatic carbocycles. The highest BCUT2D eigenvalue weighted by atomic mass is 32.1. The summed E-state index contributed by atoms with van der Waals surface area (Å²) < 4.78 is 4.08. The Hall–Kier alpha value is -3.81. The van der Waals surface area contributed by atoms with Gasteiger partial charge in [0.1, 0.15) is 12.6 Å². The molecule has 0 spiro atoms. The number of primary amides is 1. The lowest BCUT2D eigenvalue weighted by Crippen LogP contribution is -2.51. The highest BCUT2D eigenvalue weighted by Crippen LogP contribution is 2.20. The highest BCUT2D eigenvalue weighted by molar-refractivity contribution is 7.81. The van der Waals surface area contributed by atoms with E-state index in [9.17, 15) is 33.9 Å². The van der Waals surface area contributed by atoms with Crippen LogP contribution in [0.15, 0.2) is 24.3 Å². The first-order valence-corrected chi connectivity index (χ1v) is 13.6. The van der Waals surface area contributed by atoms with E-state index in [0.29, 0.717) is 17.7 Å². The summed E-state index contributed by atoms with van der Waals surface area (Å²) in [5.74, 6) is -3.21. The van der Waals surface area contributed by atoms with Crippen LogP contribution in [0.5, 0.6) is 0 Å². The zero-order valence-corrected chi connectivity index (χ0v) is 24.9. The molecule has 0 bridgehead atoms. The number of alkyl carbamates (subject to hydrolysis) is 1. The number of anilines is 1. The Balaban J connectivity index is 2.85. The fourth-order valence-electron chi connectivity index (χ4n) is 3.87. The monoisotopic (exact) mass is 595 g/mol. The van der Waals surface area contributed by atoms with E-state index in [-0.39, 0.29) is 43.6 Å². The Morgan fingerprint density at radius 2 is 1.66 bits per heavy atom.